The number of nitrogens with one attached hydrogen (secondary N) is 2. The second-order valence-corrected chi connectivity index (χ2v) is 7.30. The number of carbonyl (C=O) groups is 2. The SMILES string of the molecule is CCCC1(C(=O)NC(CC(=O)O)C(C)(C)C)CCCNC1. The van der Waals surface area contributed by atoms with E-state index in [-0.39, 0.29) is 29.2 Å². The predicted octanol–water partition coefficient (Wildman–Crippen LogP) is 2.16. The molecule has 5 heteroatoms. The van der Waals surface area contributed by atoms with Crippen LogP contribution in [0.4, 0.5) is 0 Å². The molecule has 1 aliphatic heterocycles. The summed E-state index contributed by atoms with van der Waals surface area (Å²) < 4.78 is 0. The standard InChI is InChI=1S/C16H30N2O3/c1-5-7-16(8-6-9-17-11-16)14(21)18-12(10-13(19)20)15(2,3)4/h12,17H,5-11H2,1-4H3,(H,18,21)(H,19,20). The quantitative estimate of drug-likeness (QED) is 0.702. The molecule has 1 heterocycles. The maximum Gasteiger partial charge on any atom is 0.305 e. The number of rotatable bonds is 6. The zero-order chi connectivity index (χ0) is 16.1. The minimum Gasteiger partial charge on any atom is -0.481 e. The maximum absolute atomic E-state index is 12.8. The van der Waals surface area contributed by atoms with Gasteiger partial charge in [0.1, 0.15) is 0 Å². The van der Waals surface area contributed by atoms with Crippen molar-refractivity contribution in [3.8, 4) is 0 Å². The third-order valence-electron chi connectivity index (χ3n) is 4.41. The smallest absolute Gasteiger partial charge is 0.305 e. The fourth-order valence-electron chi connectivity index (χ4n) is 3.03. The van der Waals surface area contributed by atoms with E-state index in [4.69, 9.17) is 5.11 Å². The van der Waals surface area contributed by atoms with Crippen molar-refractivity contribution in [3.05, 3.63) is 0 Å². The zero-order valence-electron chi connectivity index (χ0n) is 13.8. The van der Waals surface area contributed by atoms with Crippen LogP contribution in [0.3, 0.4) is 0 Å². The minimum atomic E-state index is -0.874. The number of carbonyl (C=O) groups excluding carboxylic acids is 1. The van der Waals surface area contributed by atoms with E-state index in [0.717, 1.165) is 32.2 Å². The summed E-state index contributed by atoms with van der Waals surface area (Å²) in [4.78, 5) is 23.9. The summed E-state index contributed by atoms with van der Waals surface area (Å²) in [5, 5.41) is 15.4. The van der Waals surface area contributed by atoms with Crippen LogP contribution in [0, 0.1) is 10.8 Å². The van der Waals surface area contributed by atoms with Gasteiger partial charge in [0.2, 0.25) is 5.91 Å². The van der Waals surface area contributed by atoms with Gasteiger partial charge in [-0.2, -0.15) is 0 Å². The van der Waals surface area contributed by atoms with E-state index in [1.165, 1.54) is 0 Å². The van der Waals surface area contributed by atoms with Gasteiger partial charge < -0.3 is 15.7 Å². The van der Waals surface area contributed by atoms with Crippen molar-refractivity contribution < 1.29 is 14.7 Å². The molecule has 1 amide bonds. The molecule has 0 radical (unpaired) electrons. The largest absolute Gasteiger partial charge is 0.481 e. The van der Waals surface area contributed by atoms with Crippen LogP contribution in [0.15, 0.2) is 0 Å². The topological polar surface area (TPSA) is 78.4 Å². The molecule has 0 aromatic carbocycles. The molecule has 3 N–H and O–H groups in total. The Balaban J connectivity index is 2.84. The molecule has 0 bridgehead atoms. The summed E-state index contributed by atoms with van der Waals surface area (Å²) in [5.41, 5.74) is -0.654. The summed E-state index contributed by atoms with van der Waals surface area (Å²) >= 11 is 0. The van der Waals surface area contributed by atoms with E-state index in [2.05, 4.69) is 17.6 Å². The van der Waals surface area contributed by atoms with Crippen LogP contribution in [-0.4, -0.2) is 36.1 Å². The number of carboxylic acids is 1. The molecule has 5 nitrogen and oxygen atoms in total. The Labute approximate surface area is 127 Å². The molecule has 0 aliphatic carbocycles. The van der Waals surface area contributed by atoms with Crippen LogP contribution < -0.4 is 10.6 Å². The summed E-state index contributed by atoms with van der Waals surface area (Å²) in [6.45, 7) is 9.63. The first-order chi connectivity index (χ1) is 9.71. The highest BCUT2D eigenvalue weighted by Crippen LogP contribution is 2.33. The highest BCUT2D eigenvalue weighted by Gasteiger charge is 2.41. The molecule has 2 atom stereocenters. The summed E-state index contributed by atoms with van der Waals surface area (Å²) in [7, 11) is 0. The van der Waals surface area contributed by atoms with E-state index in [1.807, 2.05) is 20.8 Å². The van der Waals surface area contributed by atoms with Gasteiger partial charge in [0.15, 0.2) is 0 Å². The highest BCUT2D eigenvalue weighted by atomic mass is 16.4. The lowest BCUT2D eigenvalue weighted by Crippen LogP contribution is -2.55. The molecule has 0 aromatic rings. The van der Waals surface area contributed by atoms with Crippen molar-refractivity contribution in [1.82, 2.24) is 10.6 Å². The second-order valence-electron chi connectivity index (χ2n) is 7.30. The predicted molar refractivity (Wildman–Crippen MR) is 83.1 cm³/mol. The fourth-order valence-corrected chi connectivity index (χ4v) is 3.03. The third-order valence-corrected chi connectivity index (χ3v) is 4.41. The van der Waals surface area contributed by atoms with Gasteiger partial charge in [-0.25, -0.2) is 0 Å². The number of hydrogen-bond acceptors (Lipinski definition) is 3. The van der Waals surface area contributed by atoms with Gasteiger partial charge in [0.25, 0.3) is 0 Å². The normalized spacial score (nSPS) is 24.4. The van der Waals surface area contributed by atoms with Crippen LogP contribution in [0.2, 0.25) is 0 Å². The van der Waals surface area contributed by atoms with Crippen LogP contribution >= 0.6 is 0 Å². The second kappa shape index (κ2) is 7.25. The average Bonchev–Trinajstić information content (AvgIpc) is 2.37. The molecule has 122 valence electrons. The van der Waals surface area contributed by atoms with E-state index in [0.29, 0.717) is 6.54 Å². The third kappa shape index (κ3) is 4.99. The number of aliphatic carboxylic acids is 1. The Bertz CT molecular complexity index is 363. The lowest BCUT2D eigenvalue weighted by Gasteiger charge is -2.39. The molecule has 1 rings (SSSR count). The van der Waals surface area contributed by atoms with Gasteiger partial charge in [0, 0.05) is 12.6 Å². The molecular formula is C16H30N2O3. The van der Waals surface area contributed by atoms with Gasteiger partial charge in [0.05, 0.1) is 11.8 Å². The fraction of sp³-hybridized carbons (Fsp3) is 0.875. The van der Waals surface area contributed by atoms with Crippen LogP contribution in [0.5, 0.6) is 0 Å². The lowest BCUT2D eigenvalue weighted by molar-refractivity contribution is -0.139. The Hall–Kier alpha value is -1.10. The molecule has 2 unspecified atom stereocenters. The van der Waals surface area contributed by atoms with Crippen LogP contribution in [0.25, 0.3) is 0 Å². The van der Waals surface area contributed by atoms with Gasteiger partial charge in [-0.15, -0.1) is 0 Å². The molecule has 21 heavy (non-hydrogen) atoms. The monoisotopic (exact) mass is 298 g/mol. The van der Waals surface area contributed by atoms with Gasteiger partial charge in [-0.05, 0) is 31.2 Å². The van der Waals surface area contributed by atoms with Crippen molar-refractivity contribution in [1.29, 1.82) is 0 Å². The molecule has 0 spiro atoms. The minimum absolute atomic E-state index is 0.0118. The highest BCUT2D eigenvalue weighted by molar-refractivity contribution is 5.84. The Kier molecular flexibility index (Phi) is 6.20. The van der Waals surface area contributed by atoms with Crippen molar-refractivity contribution in [2.24, 2.45) is 10.8 Å². The van der Waals surface area contributed by atoms with E-state index in [9.17, 15) is 9.59 Å². The summed E-state index contributed by atoms with van der Waals surface area (Å²) in [5.74, 6) is -0.862. The molecule has 0 saturated carbocycles. The van der Waals surface area contributed by atoms with Crippen LogP contribution in [0.1, 0.15) is 59.8 Å². The first-order valence-corrected chi connectivity index (χ1v) is 7.95. The van der Waals surface area contributed by atoms with E-state index < -0.39 is 5.97 Å². The summed E-state index contributed by atoms with van der Waals surface area (Å²) in [6.07, 6.45) is 3.63. The Morgan fingerprint density at radius 2 is 2.05 bits per heavy atom. The van der Waals surface area contributed by atoms with Gasteiger partial charge in [-0.1, -0.05) is 34.1 Å². The number of carboxylic acid groups (broad SMARTS) is 1. The van der Waals surface area contributed by atoms with E-state index >= 15 is 0 Å². The summed E-state index contributed by atoms with van der Waals surface area (Å²) in [6, 6.07) is -0.349. The van der Waals surface area contributed by atoms with Crippen molar-refractivity contribution in [3.63, 3.8) is 0 Å². The molecule has 1 saturated heterocycles. The number of hydrogen-bond donors (Lipinski definition) is 3. The van der Waals surface area contributed by atoms with Crippen molar-refractivity contribution >= 4 is 11.9 Å². The molecule has 1 fully saturated rings. The Morgan fingerprint density at radius 1 is 1.38 bits per heavy atom. The molecule has 0 aromatic heterocycles. The lowest BCUT2D eigenvalue weighted by atomic mass is 9.75. The van der Waals surface area contributed by atoms with Crippen molar-refractivity contribution in [2.75, 3.05) is 13.1 Å². The molecular weight excluding hydrogens is 268 g/mol. The van der Waals surface area contributed by atoms with Crippen LogP contribution in [-0.2, 0) is 9.59 Å². The number of amides is 1. The Morgan fingerprint density at radius 3 is 2.48 bits per heavy atom. The zero-order valence-corrected chi connectivity index (χ0v) is 13.8. The van der Waals surface area contributed by atoms with Gasteiger partial charge >= 0.3 is 5.97 Å². The number of piperidine rings is 1. The van der Waals surface area contributed by atoms with Crippen molar-refractivity contribution in [2.45, 2.75) is 65.8 Å². The average molecular weight is 298 g/mol. The maximum atomic E-state index is 12.8. The first kappa shape index (κ1) is 18.0. The van der Waals surface area contributed by atoms with Gasteiger partial charge in [-0.3, -0.25) is 9.59 Å². The van der Waals surface area contributed by atoms with E-state index in [1.54, 1.807) is 0 Å². The molecule has 1 aliphatic rings. The first-order valence-electron chi connectivity index (χ1n) is 7.95.